The number of nitrogens with two attached hydrogens (primary N) is 1. The van der Waals surface area contributed by atoms with Crippen molar-refractivity contribution in [3.63, 3.8) is 0 Å². The highest BCUT2D eigenvalue weighted by Gasteiger charge is 2.10. The fourth-order valence-corrected chi connectivity index (χ4v) is 2.07. The van der Waals surface area contributed by atoms with Crippen molar-refractivity contribution in [1.82, 2.24) is 19.4 Å². The van der Waals surface area contributed by atoms with Crippen molar-refractivity contribution in [2.75, 3.05) is 5.73 Å². The second-order valence-electron chi connectivity index (χ2n) is 4.43. The molecule has 0 aliphatic carbocycles. The molecule has 0 bridgehead atoms. The first-order valence-corrected chi connectivity index (χ1v) is 5.97. The van der Waals surface area contributed by atoms with Gasteiger partial charge in [0.2, 0.25) is 11.9 Å². The van der Waals surface area contributed by atoms with Crippen LogP contribution in [0.3, 0.4) is 0 Å². The number of rotatable bonds is 2. The lowest BCUT2D eigenvalue weighted by molar-refractivity contribution is 0.573. The Labute approximate surface area is 114 Å². The summed E-state index contributed by atoms with van der Waals surface area (Å²) in [7, 11) is 0. The van der Waals surface area contributed by atoms with Crippen LogP contribution in [0.1, 0.15) is 16.8 Å². The number of imidazole rings is 1. The third-order valence-corrected chi connectivity index (χ3v) is 3.13. The van der Waals surface area contributed by atoms with Crippen molar-refractivity contribution in [3.8, 4) is 0 Å². The fourth-order valence-electron chi connectivity index (χ4n) is 2.07. The van der Waals surface area contributed by atoms with E-state index in [2.05, 4.69) is 21.5 Å². The summed E-state index contributed by atoms with van der Waals surface area (Å²) in [6, 6.07) is 3.57. The van der Waals surface area contributed by atoms with E-state index in [1.54, 1.807) is 18.5 Å². The van der Waals surface area contributed by atoms with Crippen LogP contribution in [0.4, 0.5) is 10.3 Å². The predicted octanol–water partition coefficient (Wildman–Crippen LogP) is 2.22. The van der Waals surface area contributed by atoms with Crippen LogP contribution in [0.2, 0.25) is 0 Å². The van der Waals surface area contributed by atoms with Gasteiger partial charge in [0, 0.05) is 18.0 Å². The summed E-state index contributed by atoms with van der Waals surface area (Å²) in [6.07, 6.45) is 4.45. The summed E-state index contributed by atoms with van der Waals surface area (Å²) in [4.78, 5) is 12.0. The summed E-state index contributed by atoms with van der Waals surface area (Å²) >= 11 is 0. The average molecular weight is 269 g/mol. The molecule has 2 N–H and O–H groups in total. The highest BCUT2D eigenvalue weighted by molar-refractivity contribution is 5.79. The normalized spacial score (nSPS) is 10.9. The first kappa shape index (κ1) is 12.3. The minimum atomic E-state index is -0.417. The maximum absolute atomic E-state index is 13.6. The predicted molar refractivity (Wildman–Crippen MR) is 74.5 cm³/mol. The number of hydrogen-bond acceptors (Lipinski definition) is 4. The molecule has 6 heteroatoms. The van der Waals surface area contributed by atoms with Gasteiger partial charge in [-0.05, 0) is 30.2 Å². The maximum atomic E-state index is 13.6. The van der Waals surface area contributed by atoms with Crippen molar-refractivity contribution in [3.05, 3.63) is 60.1 Å². The van der Waals surface area contributed by atoms with Crippen LogP contribution >= 0.6 is 0 Å². The average Bonchev–Trinajstić information content (AvgIpc) is 2.79. The Bertz CT molecular complexity index is 822. The van der Waals surface area contributed by atoms with E-state index in [4.69, 9.17) is 5.73 Å². The summed E-state index contributed by atoms with van der Waals surface area (Å²) in [5.74, 6) is -0.199. The molecule has 3 aromatic heterocycles. The first-order valence-electron chi connectivity index (χ1n) is 5.97. The largest absolute Gasteiger partial charge is 0.368 e. The van der Waals surface area contributed by atoms with Crippen LogP contribution in [0.5, 0.6) is 0 Å². The number of pyridine rings is 1. The van der Waals surface area contributed by atoms with Gasteiger partial charge >= 0.3 is 0 Å². The van der Waals surface area contributed by atoms with Gasteiger partial charge in [0.25, 0.3) is 0 Å². The minimum absolute atomic E-state index is 0.218. The monoisotopic (exact) mass is 269 g/mol. The van der Waals surface area contributed by atoms with Crippen LogP contribution in [0, 0.1) is 12.9 Å². The topological polar surface area (TPSA) is 69.1 Å². The number of aromatic nitrogens is 4. The molecule has 0 aliphatic heterocycles. The lowest BCUT2D eigenvalue weighted by atomic mass is 10.0. The molecule has 3 rings (SSSR count). The molecule has 5 nitrogen and oxygen atoms in total. The van der Waals surface area contributed by atoms with Crippen molar-refractivity contribution in [2.45, 2.75) is 6.92 Å². The van der Waals surface area contributed by atoms with Gasteiger partial charge in [-0.3, -0.25) is 4.40 Å². The molecular weight excluding hydrogens is 257 g/mol. The number of aryl methyl sites for hydroxylation is 1. The van der Waals surface area contributed by atoms with Crippen LogP contribution in [0.25, 0.3) is 11.2 Å². The van der Waals surface area contributed by atoms with Gasteiger partial charge in [0.1, 0.15) is 5.65 Å². The Morgan fingerprint density at radius 3 is 2.85 bits per heavy atom. The molecule has 20 heavy (non-hydrogen) atoms. The van der Waals surface area contributed by atoms with E-state index in [0.29, 0.717) is 11.2 Å². The Hall–Kier alpha value is -2.76. The van der Waals surface area contributed by atoms with Gasteiger partial charge in [-0.15, -0.1) is 0 Å². The maximum Gasteiger partial charge on any atom is 0.220 e. The number of anilines is 1. The molecule has 0 atom stereocenters. The Kier molecular flexibility index (Phi) is 2.71. The van der Waals surface area contributed by atoms with Gasteiger partial charge in [-0.25, -0.2) is 15.0 Å². The van der Waals surface area contributed by atoms with Crippen molar-refractivity contribution >= 4 is 17.2 Å². The van der Waals surface area contributed by atoms with E-state index in [9.17, 15) is 4.39 Å². The zero-order valence-electron chi connectivity index (χ0n) is 10.8. The number of fused-ring (bicyclic) bond motifs is 1. The van der Waals surface area contributed by atoms with Crippen molar-refractivity contribution in [1.29, 1.82) is 0 Å². The smallest absolute Gasteiger partial charge is 0.220 e. The molecule has 0 spiro atoms. The van der Waals surface area contributed by atoms with Crippen molar-refractivity contribution < 1.29 is 4.39 Å². The second-order valence-corrected chi connectivity index (χ2v) is 4.43. The van der Waals surface area contributed by atoms with Gasteiger partial charge in [-0.2, -0.15) is 4.39 Å². The van der Waals surface area contributed by atoms with Crippen molar-refractivity contribution in [2.24, 2.45) is 0 Å². The zero-order valence-corrected chi connectivity index (χ0v) is 10.8. The number of nitrogens with zero attached hydrogens (tertiary/aromatic N) is 4. The molecule has 0 unspecified atom stereocenters. The fraction of sp³-hybridized carbons (Fsp3) is 0.0714. The molecule has 0 saturated carbocycles. The van der Waals surface area contributed by atoms with E-state index in [1.807, 2.05) is 13.0 Å². The van der Waals surface area contributed by atoms with Crippen LogP contribution in [-0.4, -0.2) is 19.4 Å². The Morgan fingerprint density at radius 2 is 2.10 bits per heavy atom. The van der Waals surface area contributed by atoms with Gasteiger partial charge in [-0.1, -0.05) is 6.58 Å². The molecule has 3 aromatic rings. The number of nitrogen functional groups attached to an aromatic ring is 1. The van der Waals surface area contributed by atoms with E-state index in [0.717, 1.165) is 16.8 Å². The highest BCUT2D eigenvalue weighted by Crippen LogP contribution is 2.24. The summed E-state index contributed by atoms with van der Waals surface area (Å²) < 4.78 is 14.9. The second kappa shape index (κ2) is 4.41. The molecule has 0 fully saturated rings. The van der Waals surface area contributed by atoms with Gasteiger partial charge in [0.05, 0.1) is 11.9 Å². The standard InChI is InChI=1S/C14H12FN5/c1-8(11-5-18-14(16)19-9(11)2)10-3-4-13-17-6-12(15)20(13)7-10/h3-7H,1H2,2H3,(H2,16,18,19). The number of hydrogen-bond donors (Lipinski definition) is 1. The molecular formula is C14H12FN5. The first-order chi connectivity index (χ1) is 9.56. The minimum Gasteiger partial charge on any atom is -0.368 e. The SMILES string of the molecule is C=C(c1ccc2ncc(F)n2c1)c1cnc(N)nc1C. The van der Waals surface area contributed by atoms with Gasteiger partial charge in [0.15, 0.2) is 0 Å². The Morgan fingerprint density at radius 1 is 1.30 bits per heavy atom. The van der Waals surface area contributed by atoms with Crippen LogP contribution in [-0.2, 0) is 0 Å². The van der Waals surface area contributed by atoms with E-state index in [-0.39, 0.29) is 5.95 Å². The van der Waals surface area contributed by atoms with Crippen LogP contribution in [0.15, 0.2) is 37.3 Å². The molecule has 0 aliphatic rings. The Balaban J connectivity index is 2.09. The third kappa shape index (κ3) is 1.91. The molecule has 0 saturated heterocycles. The summed E-state index contributed by atoms with van der Waals surface area (Å²) in [6.45, 7) is 5.86. The van der Waals surface area contributed by atoms with E-state index >= 15 is 0 Å². The lowest BCUT2D eigenvalue weighted by Crippen LogP contribution is -2.01. The van der Waals surface area contributed by atoms with Crippen LogP contribution < -0.4 is 5.73 Å². The number of halogens is 1. The van der Waals surface area contributed by atoms with Gasteiger partial charge < -0.3 is 5.73 Å². The van der Waals surface area contributed by atoms with E-state index < -0.39 is 5.95 Å². The third-order valence-electron chi connectivity index (χ3n) is 3.13. The van der Waals surface area contributed by atoms with E-state index in [1.165, 1.54) is 10.6 Å². The molecule has 0 aromatic carbocycles. The zero-order chi connectivity index (χ0) is 14.3. The lowest BCUT2D eigenvalue weighted by Gasteiger charge is -2.09. The molecule has 0 radical (unpaired) electrons. The highest BCUT2D eigenvalue weighted by atomic mass is 19.1. The quantitative estimate of drug-likeness (QED) is 0.774. The summed E-state index contributed by atoms with van der Waals surface area (Å²) in [5, 5.41) is 0. The molecule has 0 amide bonds. The summed E-state index contributed by atoms with van der Waals surface area (Å²) in [5.41, 5.74) is 9.06. The molecule has 100 valence electrons. The molecule has 3 heterocycles.